The Bertz CT molecular complexity index is 1130. The molecule has 0 atom stereocenters. The predicted molar refractivity (Wildman–Crippen MR) is 103 cm³/mol. The van der Waals surface area contributed by atoms with E-state index in [4.69, 9.17) is 4.74 Å². The van der Waals surface area contributed by atoms with Gasteiger partial charge in [0.2, 0.25) is 0 Å². The Labute approximate surface area is 159 Å². The van der Waals surface area contributed by atoms with Crippen molar-refractivity contribution >= 4 is 17.0 Å². The highest BCUT2D eigenvalue weighted by Crippen LogP contribution is 2.32. The summed E-state index contributed by atoms with van der Waals surface area (Å²) < 4.78 is 45.6. The predicted octanol–water partition coefficient (Wildman–Crippen LogP) is 6.48. The number of nitrogens with zero attached hydrogens (tertiary/aromatic N) is 2. The van der Waals surface area contributed by atoms with Gasteiger partial charge in [-0.2, -0.15) is 13.2 Å². The SMILES string of the molecule is C=Cc1cn(-c2ccc(Oc3ccc(C(F)(F)F)cc3)cc2)c2cnccc12. The monoisotopic (exact) mass is 380 g/mol. The molecule has 0 aliphatic carbocycles. The topological polar surface area (TPSA) is 27.1 Å². The molecule has 140 valence electrons. The Morgan fingerprint density at radius 1 is 0.929 bits per heavy atom. The Morgan fingerprint density at radius 3 is 2.18 bits per heavy atom. The van der Waals surface area contributed by atoms with Gasteiger partial charge in [-0.15, -0.1) is 0 Å². The molecule has 4 rings (SSSR count). The Hall–Kier alpha value is -3.54. The quantitative estimate of drug-likeness (QED) is 0.405. The smallest absolute Gasteiger partial charge is 0.416 e. The van der Waals surface area contributed by atoms with Crippen LogP contribution in [0, 0.1) is 0 Å². The van der Waals surface area contributed by atoms with Crippen LogP contribution >= 0.6 is 0 Å². The van der Waals surface area contributed by atoms with Crippen LogP contribution in [0.15, 0.2) is 79.8 Å². The number of fused-ring (bicyclic) bond motifs is 1. The van der Waals surface area contributed by atoms with Crippen molar-refractivity contribution in [2.45, 2.75) is 6.18 Å². The molecule has 2 aromatic heterocycles. The molecular formula is C22H15F3N2O. The first-order valence-corrected chi connectivity index (χ1v) is 8.49. The van der Waals surface area contributed by atoms with Crippen LogP contribution in [0.3, 0.4) is 0 Å². The van der Waals surface area contributed by atoms with Crippen LogP contribution in [-0.2, 0) is 6.18 Å². The Morgan fingerprint density at radius 2 is 1.57 bits per heavy atom. The van der Waals surface area contributed by atoms with E-state index >= 15 is 0 Å². The molecule has 6 heteroatoms. The van der Waals surface area contributed by atoms with Crippen molar-refractivity contribution in [1.29, 1.82) is 0 Å². The molecule has 2 aromatic carbocycles. The van der Waals surface area contributed by atoms with Gasteiger partial charge < -0.3 is 9.30 Å². The first-order chi connectivity index (χ1) is 13.5. The summed E-state index contributed by atoms with van der Waals surface area (Å²) in [5.74, 6) is 0.868. The molecule has 0 spiro atoms. The summed E-state index contributed by atoms with van der Waals surface area (Å²) in [6.07, 6.45) is 2.93. The first-order valence-electron chi connectivity index (χ1n) is 8.49. The summed E-state index contributed by atoms with van der Waals surface area (Å²) in [5.41, 5.74) is 2.16. The average Bonchev–Trinajstić information content (AvgIpc) is 3.07. The van der Waals surface area contributed by atoms with E-state index < -0.39 is 11.7 Å². The second kappa shape index (κ2) is 6.88. The van der Waals surface area contributed by atoms with Gasteiger partial charge in [-0.25, -0.2) is 0 Å². The van der Waals surface area contributed by atoms with Crippen LogP contribution in [0.4, 0.5) is 13.2 Å². The third kappa shape index (κ3) is 3.36. The molecule has 0 fully saturated rings. The fourth-order valence-electron chi connectivity index (χ4n) is 3.00. The van der Waals surface area contributed by atoms with E-state index in [2.05, 4.69) is 11.6 Å². The lowest BCUT2D eigenvalue weighted by Gasteiger charge is -2.10. The molecule has 0 amide bonds. The number of hydrogen-bond donors (Lipinski definition) is 0. The molecule has 28 heavy (non-hydrogen) atoms. The summed E-state index contributed by atoms with van der Waals surface area (Å²) in [7, 11) is 0. The molecule has 0 saturated heterocycles. The molecule has 0 radical (unpaired) electrons. The van der Waals surface area contributed by atoms with Crippen LogP contribution in [0.25, 0.3) is 22.7 Å². The molecule has 0 aliphatic heterocycles. The summed E-state index contributed by atoms with van der Waals surface area (Å²) in [6.45, 7) is 3.85. The summed E-state index contributed by atoms with van der Waals surface area (Å²) >= 11 is 0. The second-order valence-corrected chi connectivity index (χ2v) is 6.17. The van der Waals surface area contributed by atoms with E-state index in [1.54, 1.807) is 30.6 Å². The summed E-state index contributed by atoms with van der Waals surface area (Å²) in [5, 5.41) is 1.05. The van der Waals surface area contributed by atoms with Gasteiger partial charge in [0.05, 0.1) is 17.3 Å². The molecule has 0 bridgehead atoms. The van der Waals surface area contributed by atoms with Gasteiger partial charge in [0.15, 0.2) is 0 Å². The van der Waals surface area contributed by atoms with Gasteiger partial charge in [0.1, 0.15) is 11.5 Å². The van der Waals surface area contributed by atoms with Crippen molar-refractivity contribution in [2.24, 2.45) is 0 Å². The van der Waals surface area contributed by atoms with Gasteiger partial charge in [-0.3, -0.25) is 4.98 Å². The van der Waals surface area contributed by atoms with Crippen molar-refractivity contribution < 1.29 is 17.9 Å². The number of aromatic nitrogens is 2. The summed E-state index contributed by atoms with van der Waals surface area (Å²) in [6, 6.07) is 13.8. The van der Waals surface area contributed by atoms with Crippen LogP contribution in [0.1, 0.15) is 11.1 Å². The van der Waals surface area contributed by atoms with Crippen molar-refractivity contribution in [3.8, 4) is 17.2 Å². The van der Waals surface area contributed by atoms with Crippen LogP contribution in [-0.4, -0.2) is 9.55 Å². The minimum atomic E-state index is -4.36. The lowest BCUT2D eigenvalue weighted by atomic mass is 10.2. The average molecular weight is 380 g/mol. The number of rotatable bonds is 4. The van der Waals surface area contributed by atoms with E-state index in [-0.39, 0.29) is 0 Å². The van der Waals surface area contributed by atoms with Crippen molar-refractivity contribution in [3.63, 3.8) is 0 Å². The largest absolute Gasteiger partial charge is 0.457 e. The molecule has 0 N–H and O–H groups in total. The van der Waals surface area contributed by atoms with E-state index in [0.717, 1.165) is 34.3 Å². The molecule has 4 aromatic rings. The lowest BCUT2D eigenvalue weighted by molar-refractivity contribution is -0.137. The van der Waals surface area contributed by atoms with Crippen molar-refractivity contribution in [1.82, 2.24) is 9.55 Å². The van der Waals surface area contributed by atoms with E-state index in [1.807, 2.05) is 29.0 Å². The molecule has 0 aliphatic rings. The van der Waals surface area contributed by atoms with Gasteiger partial charge in [0, 0.05) is 23.5 Å². The lowest BCUT2D eigenvalue weighted by Crippen LogP contribution is -2.03. The molecule has 3 nitrogen and oxygen atoms in total. The first kappa shape index (κ1) is 17.9. The van der Waals surface area contributed by atoms with E-state index in [1.165, 1.54) is 12.1 Å². The van der Waals surface area contributed by atoms with Crippen LogP contribution in [0.5, 0.6) is 11.5 Å². The maximum absolute atomic E-state index is 12.6. The molecule has 0 unspecified atom stereocenters. The van der Waals surface area contributed by atoms with E-state index in [0.29, 0.717) is 11.5 Å². The zero-order chi connectivity index (χ0) is 19.7. The molecule has 2 heterocycles. The van der Waals surface area contributed by atoms with Gasteiger partial charge in [-0.1, -0.05) is 12.7 Å². The molecular weight excluding hydrogens is 365 g/mol. The van der Waals surface area contributed by atoms with Gasteiger partial charge >= 0.3 is 6.18 Å². The highest BCUT2D eigenvalue weighted by Gasteiger charge is 2.30. The Balaban J connectivity index is 1.59. The number of pyridine rings is 1. The highest BCUT2D eigenvalue weighted by atomic mass is 19.4. The van der Waals surface area contributed by atoms with Gasteiger partial charge in [0.25, 0.3) is 0 Å². The number of alkyl halides is 3. The van der Waals surface area contributed by atoms with Crippen LogP contribution < -0.4 is 4.74 Å². The minimum absolute atomic E-state index is 0.338. The second-order valence-electron chi connectivity index (χ2n) is 6.17. The fourth-order valence-corrected chi connectivity index (χ4v) is 3.00. The van der Waals surface area contributed by atoms with Crippen molar-refractivity contribution in [2.75, 3.05) is 0 Å². The van der Waals surface area contributed by atoms with Crippen LogP contribution in [0.2, 0.25) is 0 Å². The normalized spacial score (nSPS) is 11.5. The number of benzene rings is 2. The van der Waals surface area contributed by atoms with E-state index in [9.17, 15) is 13.2 Å². The maximum Gasteiger partial charge on any atom is 0.416 e. The zero-order valence-electron chi connectivity index (χ0n) is 14.6. The number of ether oxygens (including phenoxy) is 1. The zero-order valence-corrected chi connectivity index (χ0v) is 14.6. The summed E-state index contributed by atoms with van der Waals surface area (Å²) in [4.78, 5) is 4.18. The minimum Gasteiger partial charge on any atom is -0.457 e. The fraction of sp³-hybridized carbons (Fsp3) is 0.0455. The molecule has 0 saturated carbocycles. The van der Waals surface area contributed by atoms with Gasteiger partial charge in [-0.05, 0) is 60.2 Å². The third-order valence-corrected chi connectivity index (χ3v) is 4.39. The number of halogens is 3. The number of hydrogen-bond acceptors (Lipinski definition) is 2. The van der Waals surface area contributed by atoms with Crippen molar-refractivity contribution in [3.05, 3.63) is 90.9 Å². The maximum atomic E-state index is 12.6. The third-order valence-electron chi connectivity index (χ3n) is 4.39. The highest BCUT2D eigenvalue weighted by molar-refractivity contribution is 5.89. The Kier molecular flexibility index (Phi) is 4.39. The standard InChI is InChI=1S/C22H15F3N2O/c1-2-15-14-27(21-13-26-12-11-20(15)21)17-5-9-19(10-6-17)28-18-7-3-16(4-8-18)22(23,24)25/h2-14H,1H2.